The molecule has 0 radical (unpaired) electrons. The second-order valence-electron chi connectivity index (χ2n) is 3.10. The van der Waals surface area contributed by atoms with E-state index in [0.29, 0.717) is 0 Å². The van der Waals surface area contributed by atoms with Crippen LogP contribution in [-0.4, -0.2) is 18.4 Å². The zero-order valence-corrected chi connectivity index (χ0v) is 8.32. The minimum Gasteiger partial charge on any atom is -0.126 e. The summed E-state index contributed by atoms with van der Waals surface area (Å²) in [5.74, 6) is 0.780. The van der Waals surface area contributed by atoms with Crippen LogP contribution in [0.25, 0.3) is 0 Å². The Balaban J connectivity index is 2.96. The second kappa shape index (κ2) is 2.44. The third-order valence-electron chi connectivity index (χ3n) is 1.06. The van der Waals surface area contributed by atoms with E-state index in [1.807, 2.05) is 22.9 Å². The van der Waals surface area contributed by atoms with Crippen molar-refractivity contribution in [2.24, 2.45) is 0 Å². The van der Waals surface area contributed by atoms with E-state index in [-0.39, 0.29) is 5.41 Å². The van der Waals surface area contributed by atoms with Crippen molar-refractivity contribution in [1.29, 1.82) is 0 Å². The summed E-state index contributed by atoms with van der Waals surface area (Å²) >= 11 is 1.97. The first kappa shape index (κ1) is 7.90. The highest BCUT2D eigenvalue weighted by Gasteiger charge is 2.19. The molecular formula is C5H9IN4. The van der Waals surface area contributed by atoms with Gasteiger partial charge in [0.1, 0.15) is 22.9 Å². The van der Waals surface area contributed by atoms with Gasteiger partial charge in [-0.1, -0.05) is 20.8 Å². The highest BCUT2D eigenvalue weighted by atomic mass is 127. The van der Waals surface area contributed by atoms with Gasteiger partial charge in [-0.15, -0.1) is 13.2 Å². The summed E-state index contributed by atoms with van der Waals surface area (Å²) in [5.41, 5.74) is 0.00339. The third-order valence-corrected chi connectivity index (χ3v) is 1.47. The van der Waals surface area contributed by atoms with Crippen molar-refractivity contribution in [1.82, 2.24) is 18.4 Å². The number of nitrogens with zero attached hydrogens (tertiary/aromatic N) is 4. The molecule has 5 heteroatoms. The second-order valence-corrected chi connectivity index (χ2v) is 3.97. The fraction of sp³-hybridized carbons (Fsp3) is 0.800. The van der Waals surface area contributed by atoms with Gasteiger partial charge in [0, 0.05) is 5.41 Å². The summed E-state index contributed by atoms with van der Waals surface area (Å²) in [6.07, 6.45) is 0. The van der Waals surface area contributed by atoms with Gasteiger partial charge in [-0.2, -0.15) is 0 Å². The number of aromatic nitrogens is 4. The van der Waals surface area contributed by atoms with E-state index in [0.717, 1.165) is 5.82 Å². The fourth-order valence-corrected chi connectivity index (χ4v) is 0.798. The van der Waals surface area contributed by atoms with Crippen LogP contribution in [0.5, 0.6) is 0 Å². The number of hydrogen-bond donors (Lipinski definition) is 0. The van der Waals surface area contributed by atoms with Gasteiger partial charge in [-0.25, -0.2) is 0 Å². The Kier molecular flexibility index (Phi) is 1.93. The first-order valence-corrected chi connectivity index (χ1v) is 3.93. The van der Waals surface area contributed by atoms with Crippen molar-refractivity contribution in [2.45, 2.75) is 26.2 Å². The van der Waals surface area contributed by atoms with Crippen LogP contribution in [0.4, 0.5) is 0 Å². The smallest absolute Gasteiger partial charge is 0.126 e. The van der Waals surface area contributed by atoms with Crippen molar-refractivity contribution < 1.29 is 0 Å². The first-order valence-electron chi connectivity index (χ1n) is 2.97. The SMILES string of the molecule is CC(C)(C)c1nnn(I)n1. The molecule has 1 rings (SSSR count). The Labute approximate surface area is 73.5 Å². The quantitative estimate of drug-likeness (QED) is 0.651. The molecular weight excluding hydrogens is 243 g/mol. The average Bonchev–Trinajstić information content (AvgIpc) is 2.11. The molecule has 0 aliphatic carbocycles. The molecule has 56 valence electrons. The maximum absolute atomic E-state index is 4.06. The molecule has 0 aromatic carbocycles. The van der Waals surface area contributed by atoms with Crippen LogP contribution in [0, 0.1) is 0 Å². The molecule has 1 heterocycles. The van der Waals surface area contributed by atoms with Crippen LogP contribution in [0.1, 0.15) is 26.6 Å². The predicted octanol–water partition coefficient (Wildman–Crippen LogP) is 1.17. The summed E-state index contributed by atoms with van der Waals surface area (Å²) in [4.78, 5) is 0. The van der Waals surface area contributed by atoms with E-state index in [9.17, 15) is 0 Å². The van der Waals surface area contributed by atoms with Gasteiger partial charge in [-0.3, -0.25) is 0 Å². The van der Waals surface area contributed by atoms with Crippen molar-refractivity contribution in [2.75, 3.05) is 0 Å². The normalized spacial score (nSPS) is 12.0. The minimum absolute atomic E-state index is 0.00339. The monoisotopic (exact) mass is 252 g/mol. The lowest BCUT2D eigenvalue weighted by Crippen LogP contribution is -2.13. The maximum atomic E-state index is 4.06. The zero-order chi connectivity index (χ0) is 7.78. The Bertz CT molecular complexity index is 224. The topological polar surface area (TPSA) is 43.6 Å². The van der Waals surface area contributed by atoms with Gasteiger partial charge in [0.15, 0.2) is 5.82 Å². The van der Waals surface area contributed by atoms with Gasteiger partial charge in [0.2, 0.25) is 0 Å². The predicted molar refractivity (Wildman–Crippen MR) is 45.9 cm³/mol. The Morgan fingerprint density at radius 2 is 2.00 bits per heavy atom. The van der Waals surface area contributed by atoms with E-state index in [4.69, 9.17) is 0 Å². The van der Waals surface area contributed by atoms with E-state index in [2.05, 4.69) is 36.2 Å². The van der Waals surface area contributed by atoms with Crippen molar-refractivity contribution in [3.8, 4) is 0 Å². The van der Waals surface area contributed by atoms with Crippen molar-refractivity contribution >= 4 is 22.9 Å². The van der Waals surface area contributed by atoms with E-state index in [1.165, 1.54) is 3.01 Å². The number of rotatable bonds is 0. The van der Waals surface area contributed by atoms with E-state index >= 15 is 0 Å². The highest BCUT2D eigenvalue weighted by Crippen LogP contribution is 2.16. The van der Waals surface area contributed by atoms with Gasteiger partial charge < -0.3 is 0 Å². The molecule has 0 saturated carbocycles. The number of halogens is 1. The molecule has 0 amide bonds. The molecule has 0 spiro atoms. The molecule has 4 nitrogen and oxygen atoms in total. The van der Waals surface area contributed by atoms with Gasteiger partial charge in [0.25, 0.3) is 0 Å². The molecule has 0 fully saturated rings. The molecule has 0 saturated heterocycles. The van der Waals surface area contributed by atoms with Crippen molar-refractivity contribution in [3.63, 3.8) is 0 Å². The minimum atomic E-state index is 0.00339. The maximum Gasteiger partial charge on any atom is 0.181 e. The van der Waals surface area contributed by atoms with Crippen LogP contribution >= 0.6 is 22.9 Å². The summed E-state index contributed by atoms with van der Waals surface area (Å²) in [6, 6.07) is 0. The van der Waals surface area contributed by atoms with Gasteiger partial charge in [0.05, 0.1) is 0 Å². The zero-order valence-electron chi connectivity index (χ0n) is 6.17. The summed E-state index contributed by atoms with van der Waals surface area (Å²) in [6.45, 7) is 6.17. The van der Waals surface area contributed by atoms with Crippen LogP contribution < -0.4 is 0 Å². The lowest BCUT2D eigenvalue weighted by Gasteiger charge is -2.10. The average molecular weight is 252 g/mol. The lowest BCUT2D eigenvalue weighted by atomic mass is 9.96. The van der Waals surface area contributed by atoms with Crippen LogP contribution in [0.3, 0.4) is 0 Å². The van der Waals surface area contributed by atoms with Gasteiger partial charge >= 0.3 is 0 Å². The van der Waals surface area contributed by atoms with E-state index < -0.39 is 0 Å². The first-order chi connectivity index (χ1) is 4.50. The molecule has 1 aromatic rings. The fourth-order valence-electron chi connectivity index (χ4n) is 0.497. The van der Waals surface area contributed by atoms with Crippen molar-refractivity contribution in [3.05, 3.63) is 5.82 Å². The molecule has 0 unspecified atom stereocenters. The van der Waals surface area contributed by atoms with Crippen LogP contribution in [0.15, 0.2) is 0 Å². The van der Waals surface area contributed by atoms with E-state index in [1.54, 1.807) is 0 Å². The number of tetrazole rings is 1. The highest BCUT2D eigenvalue weighted by molar-refractivity contribution is 14.1. The molecule has 0 aliphatic heterocycles. The summed E-state index contributed by atoms with van der Waals surface area (Å²) in [7, 11) is 0. The molecule has 1 aromatic heterocycles. The molecule has 0 atom stereocenters. The molecule has 0 bridgehead atoms. The standard InChI is InChI=1S/C5H9IN4/c1-5(2,3)4-7-9-10(6)8-4/h1-3H3. The van der Waals surface area contributed by atoms with Crippen LogP contribution in [0.2, 0.25) is 0 Å². The summed E-state index contributed by atoms with van der Waals surface area (Å²) in [5, 5.41) is 11.7. The van der Waals surface area contributed by atoms with Gasteiger partial charge in [-0.05, 0) is 5.21 Å². The molecule has 10 heavy (non-hydrogen) atoms. The summed E-state index contributed by atoms with van der Waals surface area (Å²) < 4.78 is 1.44. The third kappa shape index (κ3) is 1.65. The van der Waals surface area contributed by atoms with Crippen LogP contribution in [-0.2, 0) is 5.41 Å². The Morgan fingerprint density at radius 3 is 2.20 bits per heavy atom. The molecule has 0 N–H and O–H groups in total. The molecule has 0 aliphatic rings. The lowest BCUT2D eigenvalue weighted by molar-refractivity contribution is 0.546. The largest absolute Gasteiger partial charge is 0.181 e. The Morgan fingerprint density at radius 1 is 1.40 bits per heavy atom. The Hall–Kier alpha value is -0.200. The number of hydrogen-bond acceptors (Lipinski definition) is 3.